The van der Waals surface area contributed by atoms with Gasteiger partial charge in [0.15, 0.2) is 0 Å². The van der Waals surface area contributed by atoms with Crippen LogP contribution in [0.2, 0.25) is 0 Å². The summed E-state index contributed by atoms with van der Waals surface area (Å²) in [4.78, 5) is 0. The topological polar surface area (TPSA) is 25.2 Å². The summed E-state index contributed by atoms with van der Waals surface area (Å²) in [6, 6.07) is 19.7. The second-order valence-corrected chi connectivity index (χ2v) is 5.61. The van der Waals surface area contributed by atoms with E-state index in [1.54, 1.807) is 6.07 Å². The van der Waals surface area contributed by atoms with Crippen LogP contribution in [0.25, 0.3) is 16.9 Å². The summed E-state index contributed by atoms with van der Waals surface area (Å²) in [5, 5.41) is 10.1. The SMILES string of the molecule is Cc1ccc(-c2ccc(Br)cc2)n1-c1ccccc1O. The van der Waals surface area contributed by atoms with Gasteiger partial charge in [-0.3, -0.25) is 0 Å². The first kappa shape index (κ1) is 13.0. The van der Waals surface area contributed by atoms with Gasteiger partial charge in [-0.25, -0.2) is 0 Å². The van der Waals surface area contributed by atoms with Crippen molar-refractivity contribution in [3.8, 4) is 22.7 Å². The summed E-state index contributed by atoms with van der Waals surface area (Å²) in [5.41, 5.74) is 4.07. The van der Waals surface area contributed by atoms with Gasteiger partial charge >= 0.3 is 0 Å². The first-order chi connectivity index (χ1) is 9.66. The van der Waals surface area contributed by atoms with E-state index in [2.05, 4.69) is 44.8 Å². The summed E-state index contributed by atoms with van der Waals surface area (Å²) in [6.07, 6.45) is 0. The Labute approximate surface area is 126 Å². The quantitative estimate of drug-likeness (QED) is 0.710. The van der Waals surface area contributed by atoms with Gasteiger partial charge in [0, 0.05) is 10.2 Å². The van der Waals surface area contributed by atoms with Crippen molar-refractivity contribution >= 4 is 15.9 Å². The van der Waals surface area contributed by atoms with Gasteiger partial charge in [-0.05, 0) is 48.9 Å². The van der Waals surface area contributed by atoms with Gasteiger partial charge in [0.05, 0.1) is 11.4 Å². The molecule has 1 heterocycles. The smallest absolute Gasteiger partial charge is 0.139 e. The van der Waals surface area contributed by atoms with Gasteiger partial charge in [-0.2, -0.15) is 0 Å². The molecule has 0 atom stereocenters. The molecule has 0 aliphatic rings. The van der Waals surface area contributed by atoms with Crippen LogP contribution in [0.15, 0.2) is 65.1 Å². The van der Waals surface area contributed by atoms with Crippen molar-refractivity contribution in [1.82, 2.24) is 4.57 Å². The number of hydrogen-bond acceptors (Lipinski definition) is 1. The lowest BCUT2D eigenvalue weighted by Gasteiger charge is -2.13. The predicted octanol–water partition coefficient (Wildman–Crippen LogP) is 4.92. The predicted molar refractivity (Wildman–Crippen MR) is 85.3 cm³/mol. The van der Waals surface area contributed by atoms with E-state index in [1.807, 2.05) is 37.3 Å². The molecule has 0 amide bonds. The Kier molecular flexibility index (Phi) is 3.36. The molecule has 0 aliphatic heterocycles. The number of halogens is 1. The number of rotatable bonds is 2. The normalized spacial score (nSPS) is 10.7. The maximum absolute atomic E-state index is 10.1. The molecule has 0 saturated carbocycles. The monoisotopic (exact) mass is 327 g/mol. The van der Waals surface area contributed by atoms with Crippen molar-refractivity contribution in [1.29, 1.82) is 0 Å². The first-order valence-electron chi connectivity index (χ1n) is 6.39. The Hall–Kier alpha value is -2.00. The number of para-hydroxylation sites is 2. The van der Waals surface area contributed by atoms with E-state index < -0.39 is 0 Å². The maximum atomic E-state index is 10.1. The van der Waals surface area contributed by atoms with Gasteiger partial charge in [-0.1, -0.05) is 40.2 Å². The van der Waals surface area contributed by atoms with Crippen molar-refractivity contribution in [2.24, 2.45) is 0 Å². The zero-order chi connectivity index (χ0) is 14.1. The molecule has 3 rings (SSSR count). The molecule has 0 fully saturated rings. The number of benzene rings is 2. The third kappa shape index (κ3) is 2.25. The molecule has 1 N–H and O–H groups in total. The Morgan fingerprint density at radius 1 is 0.900 bits per heavy atom. The van der Waals surface area contributed by atoms with E-state index in [0.717, 1.165) is 27.1 Å². The van der Waals surface area contributed by atoms with Crippen LogP contribution in [-0.4, -0.2) is 9.67 Å². The molecule has 1 aromatic heterocycles. The minimum absolute atomic E-state index is 0.283. The highest BCUT2D eigenvalue weighted by Gasteiger charge is 2.11. The molecule has 3 aromatic rings. The molecular formula is C17H14BrNO. The number of aromatic nitrogens is 1. The lowest BCUT2D eigenvalue weighted by Crippen LogP contribution is -1.99. The van der Waals surface area contributed by atoms with Gasteiger partial charge in [0.2, 0.25) is 0 Å². The zero-order valence-electron chi connectivity index (χ0n) is 11.0. The van der Waals surface area contributed by atoms with Gasteiger partial charge in [0.25, 0.3) is 0 Å². The molecule has 2 aromatic carbocycles. The Bertz CT molecular complexity index is 744. The van der Waals surface area contributed by atoms with Crippen LogP contribution >= 0.6 is 15.9 Å². The first-order valence-corrected chi connectivity index (χ1v) is 7.19. The molecule has 0 spiro atoms. The summed E-state index contributed by atoms with van der Waals surface area (Å²) >= 11 is 3.45. The number of aromatic hydroxyl groups is 1. The molecule has 0 aliphatic carbocycles. The second kappa shape index (κ2) is 5.17. The third-order valence-electron chi connectivity index (χ3n) is 3.34. The standard InChI is InChI=1S/C17H14BrNO/c1-12-6-11-15(13-7-9-14(18)10-8-13)19(12)16-4-2-3-5-17(16)20/h2-11,20H,1H3. The number of nitrogens with zero attached hydrogens (tertiary/aromatic N) is 1. The number of phenols is 1. The summed E-state index contributed by atoms with van der Waals surface area (Å²) < 4.78 is 3.12. The van der Waals surface area contributed by atoms with Gasteiger partial charge < -0.3 is 9.67 Å². The molecular weight excluding hydrogens is 314 g/mol. The van der Waals surface area contributed by atoms with Crippen molar-refractivity contribution < 1.29 is 5.11 Å². The highest BCUT2D eigenvalue weighted by atomic mass is 79.9. The Morgan fingerprint density at radius 3 is 2.30 bits per heavy atom. The number of hydrogen-bond donors (Lipinski definition) is 1. The van der Waals surface area contributed by atoms with Crippen LogP contribution < -0.4 is 0 Å². The minimum Gasteiger partial charge on any atom is -0.506 e. The summed E-state index contributed by atoms with van der Waals surface area (Å²) in [6.45, 7) is 2.04. The van der Waals surface area contributed by atoms with Crippen LogP contribution in [0, 0.1) is 6.92 Å². The minimum atomic E-state index is 0.283. The Balaban J connectivity index is 2.20. The van der Waals surface area contributed by atoms with E-state index in [-0.39, 0.29) is 5.75 Å². The van der Waals surface area contributed by atoms with E-state index in [1.165, 1.54) is 0 Å². The fourth-order valence-electron chi connectivity index (χ4n) is 2.36. The van der Waals surface area contributed by atoms with Crippen LogP contribution in [0.4, 0.5) is 0 Å². The van der Waals surface area contributed by atoms with Gasteiger partial charge in [0.1, 0.15) is 5.75 Å². The summed E-state index contributed by atoms with van der Waals surface area (Å²) in [5.74, 6) is 0.283. The van der Waals surface area contributed by atoms with Crippen molar-refractivity contribution in [3.63, 3.8) is 0 Å². The number of phenolic OH excluding ortho intramolecular Hbond substituents is 1. The molecule has 0 unspecified atom stereocenters. The largest absolute Gasteiger partial charge is 0.506 e. The van der Waals surface area contributed by atoms with Gasteiger partial charge in [-0.15, -0.1) is 0 Å². The average molecular weight is 328 g/mol. The fraction of sp³-hybridized carbons (Fsp3) is 0.0588. The number of aryl methyl sites for hydroxylation is 1. The van der Waals surface area contributed by atoms with Crippen LogP contribution in [0.3, 0.4) is 0 Å². The van der Waals surface area contributed by atoms with E-state index in [9.17, 15) is 5.11 Å². The maximum Gasteiger partial charge on any atom is 0.139 e. The van der Waals surface area contributed by atoms with Crippen LogP contribution in [0.1, 0.15) is 5.69 Å². The molecule has 0 saturated heterocycles. The van der Waals surface area contributed by atoms with Crippen LogP contribution in [-0.2, 0) is 0 Å². The Morgan fingerprint density at radius 2 is 1.60 bits per heavy atom. The lowest BCUT2D eigenvalue weighted by molar-refractivity contribution is 0.472. The molecule has 100 valence electrons. The molecule has 0 bridgehead atoms. The van der Waals surface area contributed by atoms with Crippen LogP contribution in [0.5, 0.6) is 5.75 Å². The van der Waals surface area contributed by atoms with Crippen molar-refractivity contribution in [2.45, 2.75) is 6.92 Å². The van der Waals surface area contributed by atoms with Crippen molar-refractivity contribution in [3.05, 3.63) is 70.8 Å². The summed E-state index contributed by atoms with van der Waals surface area (Å²) in [7, 11) is 0. The molecule has 2 nitrogen and oxygen atoms in total. The van der Waals surface area contributed by atoms with E-state index in [0.29, 0.717) is 0 Å². The molecule has 20 heavy (non-hydrogen) atoms. The molecule has 0 radical (unpaired) electrons. The highest BCUT2D eigenvalue weighted by Crippen LogP contribution is 2.31. The van der Waals surface area contributed by atoms with E-state index in [4.69, 9.17) is 0 Å². The highest BCUT2D eigenvalue weighted by molar-refractivity contribution is 9.10. The van der Waals surface area contributed by atoms with Crippen molar-refractivity contribution in [2.75, 3.05) is 0 Å². The zero-order valence-corrected chi connectivity index (χ0v) is 12.6. The third-order valence-corrected chi connectivity index (χ3v) is 3.87. The lowest BCUT2D eigenvalue weighted by atomic mass is 10.1. The second-order valence-electron chi connectivity index (χ2n) is 4.69. The fourth-order valence-corrected chi connectivity index (χ4v) is 2.62. The van der Waals surface area contributed by atoms with E-state index >= 15 is 0 Å². The average Bonchev–Trinajstić information content (AvgIpc) is 2.82. The molecule has 3 heteroatoms.